The van der Waals surface area contributed by atoms with E-state index in [0.717, 1.165) is 38.8 Å². The number of nitrogens with two attached hydrogens (primary N) is 1. The van der Waals surface area contributed by atoms with Gasteiger partial charge in [-0.3, -0.25) is 4.79 Å². The average Bonchev–Trinajstić information content (AvgIpc) is 2.34. The summed E-state index contributed by atoms with van der Waals surface area (Å²) in [7, 11) is 0. The van der Waals surface area contributed by atoms with Gasteiger partial charge < -0.3 is 15.4 Å². The van der Waals surface area contributed by atoms with Gasteiger partial charge in [-0.05, 0) is 33.2 Å². The summed E-state index contributed by atoms with van der Waals surface area (Å²) in [6.45, 7) is 7.58. The fourth-order valence-electron chi connectivity index (χ4n) is 1.71. The Balaban J connectivity index is 3.61. The third-order valence-electron chi connectivity index (χ3n) is 2.79. The van der Waals surface area contributed by atoms with E-state index >= 15 is 0 Å². The predicted octanol–water partition coefficient (Wildman–Crippen LogP) is 1.78. The second kappa shape index (κ2) is 11.9. The number of amides is 1. The van der Waals surface area contributed by atoms with E-state index in [4.69, 9.17) is 10.5 Å². The third-order valence-corrected chi connectivity index (χ3v) is 2.79. The molecule has 0 spiro atoms. The SMILES string of the molecule is CCOCCN(CC)C(=O)CCCCCCN. The smallest absolute Gasteiger partial charge is 0.222 e. The van der Waals surface area contributed by atoms with Crippen LogP contribution in [0.25, 0.3) is 0 Å². The van der Waals surface area contributed by atoms with Gasteiger partial charge in [-0.1, -0.05) is 12.8 Å². The Morgan fingerprint density at radius 3 is 2.47 bits per heavy atom. The monoisotopic (exact) mass is 244 g/mol. The highest BCUT2D eigenvalue weighted by Gasteiger charge is 2.10. The molecule has 0 aromatic rings. The molecule has 0 saturated heterocycles. The zero-order valence-electron chi connectivity index (χ0n) is 11.4. The van der Waals surface area contributed by atoms with Crippen LogP contribution in [0.4, 0.5) is 0 Å². The van der Waals surface area contributed by atoms with Crippen molar-refractivity contribution in [1.82, 2.24) is 4.90 Å². The standard InChI is InChI=1S/C13H28N2O2/c1-3-15(11-12-17-4-2)13(16)9-7-5-6-8-10-14/h3-12,14H2,1-2H3. The van der Waals surface area contributed by atoms with E-state index in [1.165, 1.54) is 0 Å². The number of ether oxygens (including phenoxy) is 1. The van der Waals surface area contributed by atoms with Crippen LogP contribution in [0, 0.1) is 0 Å². The summed E-state index contributed by atoms with van der Waals surface area (Å²) in [5, 5.41) is 0. The molecule has 17 heavy (non-hydrogen) atoms. The second-order valence-electron chi connectivity index (χ2n) is 4.12. The van der Waals surface area contributed by atoms with Crippen molar-refractivity contribution in [2.75, 3.05) is 32.8 Å². The highest BCUT2D eigenvalue weighted by molar-refractivity contribution is 5.76. The minimum absolute atomic E-state index is 0.250. The summed E-state index contributed by atoms with van der Waals surface area (Å²) >= 11 is 0. The number of likely N-dealkylation sites (N-methyl/N-ethyl adjacent to an activating group) is 1. The number of rotatable bonds is 11. The molecule has 0 unspecified atom stereocenters. The molecule has 0 aliphatic carbocycles. The number of nitrogens with zero attached hydrogens (tertiary/aromatic N) is 1. The maximum absolute atomic E-state index is 11.8. The van der Waals surface area contributed by atoms with Crippen molar-refractivity contribution in [3.63, 3.8) is 0 Å². The van der Waals surface area contributed by atoms with Crippen LogP contribution >= 0.6 is 0 Å². The van der Waals surface area contributed by atoms with Crippen LogP contribution < -0.4 is 5.73 Å². The molecule has 0 rings (SSSR count). The molecule has 0 atom stereocenters. The topological polar surface area (TPSA) is 55.6 Å². The largest absolute Gasteiger partial charge is 0.380 e. The Morgan fingerprint density at radius 2 is 1.88 bits per heavy atom. The summed E-state index contributed by atoms with van der Waals surface area (Å²) in [4.78, 5) is 13.7. The number of unbranched alkanes of at least 4 members (excludes halogenated alkanes) is 3. The van der Waals surface area contributed by atoms with Gasteiger partial charge in [0, 0.05) is 26.1 Å². The summed E-state index contributed by atoms with van der Waals surface area (Å²) < 4.78 is 5.27. The average molecular weight is 244 g/mol. The van der Waals surface area contributed by atoms with Crippen molar-refractivity contribution in [3.05, 3.63) is 0 Å². The molecular weight excluding hydrogens is 216 g/mol. The second-order valence-corrected chi connectivity index (χ2v) is 4.12. The minimum Gasteiger partial charge on any atom is -0.380 e. The van der Waals surface area contributed by atoms with Crippen molar-refractivity contribution in [2.24, 2.45) is 5.73 Å². The molecule has 0 aliphatic heterocycles. The summed E-state index contributed by atoms with van der Waals surface area (Å²) in [6.07, 6.45) is 4.94. The van der Waals surface area contributed by atoms with E-state index < -0.39 is 0 Å². The van der Waals surface area contributed by atoms with Gasteiger partial charge in [0.25, 0.3) is 0 Å². The predicted molar refractivity (Wildman–Crippen MR) is 70.9 cm³/mol. The van der Waals surface area contributed by atoms with Gasteiger partial charge in [-0.25, -0.2) is 0 Å². The first kappa shape index (κ1) is 16.4. The lowest BCUT2D eigenvalue weighted by Crippen LogP contribution is -2.33. The molecule has 0 saturated carbocycles. The molecule has 0 radical (unpaired) electrons. The molecule has 4 nitrogen and oxygen atoms in total. The Bertz CT molecular complexity index is 186. The van der Waals surface area contributed by atoms with Crippen LogP contribution in [-0.2, 0) is 9.53 Å². The zero-order chi connectivity index (χ0) is 12.9. The molecule has 0 heterocycles. The lowest BCUT2D eigenvalue weighted by atomic mass is 10.1. The van der Waals surface area contributed by atoms with Crippen LogP contribution in [0.1, 0.15) is 46.0 Å². The third kappa shape index (κ3) is 9.12. The first-order chi connectivity index (χ1) is 8.26. The molecule has 0 aromatic carbocycles. The van der Waals surface area contributed by atoms with Crippen LogP contribution in [0.2, 0.25) is 0 Å². The molecular formula is C13H28N2O2. The van der Waals surface area contributed by atoms with Crippen molar-refractivity contribution in [3.8, 4) is 0 Å². The maximum Gasteiger partial charge on any atom is 0.222 e. The van der Waals surface area contributed by atoms with Gasteiger partial charge in [0.05, 0.1) is 6.61 Å². The van der Waals surface area contributed by atoms with Crippen LogP contribution in [0.15, 0.2) is 0 Å². The lowest BCUT2D eigenvalue weighted by molar-refractivity contribution is -0.131. The molecule has 0 aliphatic rings. The van der Waals surface area contributed by atoms with Crippen LogP contribution in [0.5, 0.6) is 0 Å². The van der Waals surface area contributed by atoms with Gasteiger partial charge in [0.1, 0.15) is 0 Å². The highest BCUT2D eigenvalue weighted by Crippen LogP contribution is 2.05. The van der Waals surface area contributed by atoms with Crippen molar-refractivity contribution in [1.29, 1.82) is 0 Å². The van der Waals surface area contributed by atoms with E-state index in [1.807, 2.05) is 18.7 Å². The number of carbonyl (C=O) groups is 1. The van der Waals surface area contributed by atoms with E-state index in [9.17, 15) is 4.79 Å². The normalized spacial score (nSPS) is 10.5. The molecule has 1 amide bonds. The molecule has 0 fully saturated rings. The van der Waals surface area contributed by atoms with Gasteiger partial charge in [-0.15, -0.1) is 0 Å². The van der Waals surface area contributed by atoms with Gasteiger partial charge in [0.2, 0.25) is 5.91 Å². The summed E-state index contributed by atoms with van der Waals surface area (Å²) in [5.74, 6) is 0.250. The number of hydrogen-bond donors (Lipinski definition) is 1. The zero-order valence-corrected chi connectivity index (χ0v) is 11.4. The van der Waals surface area contributed by atoms with E-state index in [2.05, 4.69) is 0 Å². The Labute approximate surface area is 105 Å². The van der Waals surface area contributed by atoms with Crippen LogP contribution in [-0.4, -0.2) is 43.7 Å². The Kier molecular flexibility index (Phi) is 11.4. The quantitative estimate of drug-likeness (QED) is 0.564. The molecule has 0 bridgehead atoms. The molecule has 2 N–H and O–H groups in total. The summed E-state index contributed by atoms with van der Waals surface area (Å²) in [6, 6.07) is 0. The highest BCUT2D eigenvalue weighted by atomic mass is 16.5. The Hall–Kier alpha value is -0.610. The van der Waals surface area contributed by atoms with Gasteiger partial charge in [-0.2, -0.15) is 0 Å². The van der Waals surface area contributed by atoms with Gasteiger partial charge in [0.15, 0.2) is 0 Å². The molecule has 102 valence electrons. The first-order valence-electron chi connectivity index (χ1n) is 6.81. The van der Waals surface area contributed by atoms with E-state index in [0.29, 0.717) is 26.2 Å². The Morgan fingerprint density at radius 1 is 1.18 bits per heavy atom. The lowest BCUT2D eigenvalue weighted by Gasteiger charge is -2.20. The fraction of sp³-hybridized carbons (Fsp3) is 0.923. The van der Waals surface area contributed by atoms with Crippen LogP contribution in [0.3, 0.4) is 0 Å². The maximum atomic E-state index is 11.8. The molecule has 4 heteroatoms. The number of carbonyl (C=O) groups excluding carboxylic acids is 1. The summed E-state index contributed by atoms with van der Waals surface area (Å²) in [5.41, 5.74) is 5.42. The first-order valence-corrected chi connectivity index (χ1v) is 6.81. The van der Waals surface area contributed by atoms with Gasteiger partial charge >= 0.3 is 0 Å². The van der Waals surface area contributed by atoms with Crippen molar-refractivity contribution in [2.45, 2.75) is 46.0 Å². The van der Waals surface area contributed by atoms with E-state index in [1.54, 1.807) is 0 Å². The fourth-order valence-corrected chi connectivity index (χ4v) is 1.71. The van der Waals surface area contributed by atoms with Crippen molar-refractivity contribution < 1.29 is 9.53 Å². The molecule has 0 aromatic heterocycles. The van der Waals surface area contributed by atoms with Crippen molar-refractivity contribution >= 4 is 5.91 Å². The number of hydrogen-bond acceptors (Lipinski definition) is 3. The minimum atomic E-state index is 0.250. The van der Waals surface area contributed by atoms with E-state index in [-0.39, 0.29) is 5.91 Å².